The number of nitrogens with one attached hydrogen (secondary N) is 1. The third-order valence-electron chi connectivity index (χ3n) is 5.80. The van der Waals surface area contributed by atoms with Crippen molar-refractivity contribution in [3.8, 4) is 0 Å². The molecule has 4 rings (SSSR count). The highest BCUT2D eigenvalue weighted by Gasteiger charge is 2.37. The van der Waals surface area contributed by atoms with Crippen LogP contribution < -0.4 is 5.32 Å². The van der Waals surface area contributed by atoms with Crippen LogP contribution >= 0.6 is 11.3 Å². The van der Waals surface area contributed by atoms with E-state index in [4.69, 9.17) is 4.98 Å². The third-order valence-corrected chi connectivity index (χ3v) is 6.63. The second kappa shape index (κ2) is 8.49. The molecule has 8 heteroatoms. The number of rotatable bonds is 5. The molecule has 2 aliphatic rings. The van der Waals surface area contributed by atoms with Crippen molar-refractivity contribution in [2.75, 3.05) is 31.5 Å². The normalized spacial score (nSPS) is 20.3. The van der Waals surface area contributed by atoms with Gasteiger partial charge in [0, 0.05) is 55.3 Å². The van der Waals surface area contributed by atoms with Gasteiger partial charge in [-0.05, 0) is 38.8 Å². The van der Waals surface area contributed by atoms with E-state index in [9.17, 15) is 9.59 Å². The Bertz CT molecular complexity index is 891. The molecule has 0 unspecified atom stereocenters. The quantitative estimate of drug-likeness (QED) is 0.815. The summed E-state index contributed by atoms with van der Waals surface area (Å²) in [5, 5.41) is 4.12. The molecule has 0 radical (unpaired) electrons. The molecule has 4 heterocycles. The monoisotopic (exact) mass is 413 g/mol. The predicted molar refractivity (Wildman–Crippen MR) is 113 cm³/mol. The first-order chi connectivity index (χ1) is 14.0. The lowest BCUT2D eigenvalue weighted by Gasteiger charge is -2.33. The molecule has 7 nitrogen and oxygen atoms in total. The number of anilines is 2. The molecule has 0 bridgehead atoms. The lowest BCUT2D eigenvalue weighted by molar-refractivity contribution is -0.136. The molecule has 2 aliphatic heterocycles. The number of hydrogen-bond donors (Lipinski definition) is 1. The molecular formula is C21H27N5O2S. The maximum Gasteiger partial charge on any atom is 0.227 e. The Morgan fingerprint density at radius 3 is 2.76 bits per heavy atom. The topological polar surface area (TPSA) is 78.4 Å². The fourth-order valence-electron chi connectivity index (χ4n) is 4.17. The number of thiazole rings is 1. The van der Waals surface area contributed by atoms with Crippen LogP contribution in [0.2, 0.25) is 0 Å². The summed E-state index contributed by atoms with van der Waals surface area (Å²) < 4.78 is 0. The molecule has 2 fully saturated rings. The van der Waals surface area contributed by atoms with Gasteiger partial charge < -0.3 is 15.1 Å². The van der Waals surface area contributed by atoms with Crippen LogP contribution in [-0.4, -0.2) is 57.8 Å². The van der Waals surface area contributed by atoms with Crippen molar-refractivity contribution < 1.29 is 9.59 Å². The lowest BCUT2D eigenvalue weighted by atomic mass is 9.92. The van der Waals surface area contributed by atoms with Gasteiger partial charge in [0.15, 0.2) is 5.13 Å². The highest BCUT2D eigenvalue weighted by molar-refractivity contribution is 7.15. The Balaban J connectivity index is 1.34. The van der Waals surface area contributed by atoms with Gasteiger partial charge in [-0.1, -0.05) is 6.07 Å². The SMILES string of the molecule is CCN1C[C@@H](C(=O)N2CCC(c3cccc(Nc4ncc(C)s4)n3)CC2)CC1=O. The van der Waals surface area contributed by atoms with Crippen molar-refractivity contribution in [2.24, 2.45) is 5.92 Å². The predicted octanol–water partition coefficient (Wildman–Crippen LogP) is 3.16. The minimum atomic E-state index is -0.175. The third kappa shape index (κ3) is 4.42. The Kier molecular flexibility index (Phi) is 5.80. The molecule has 0 aliphatic carbocycles. The number of likely N-dealkylation sites (tertiary alicyclic amines) is 2. The minimum Gasteiger partial charge on any atom is -0.342 e. The molecular weight excluding hydrogens is 386 g/mol. The van der Waals surface area contributed by atoms with Gasteiger partial charge in [0.1, 0.15) is 5.82 Å². The van der Waals surface area contributed by atoms with Gasteiger partial charge in [0.25, 0.3) is 0 Å². The van der Waals surface area contributed by atoms with Crippen LogP contribution in [-0.2, 0) is 9.59 Å². The van der Waals surface area contributed by atoms with Crippen LogP contribution in [0, 0.1) is 12.8 Å². The highest BCUT2D eigenvalue weighted by Crippen LogP contribution is 2.30. The van der Waals surface area contributed by atoms with Gasteiger partial charge in [-0.25, -0.2) is 9.97 Å². The number of nitrogens with zero attached hydrogens (tertiary/aromatic N) is 4. The molecule has 29 heavy (non-hydrogen) atoms. The maximum atomic E-state index is 12.8. The molecule has 1 atom stereocenters. The Morgan fingerprint density at radius 2 is 2.10 bits per heavy atom. The standard InChI is InChI=1S/C21H27N5O2S/c1-3-25-13-16(11-19(25)27)20(28)26-9-7-15(8-10-26)17-5-4-6-18(23-17)24-21-22-12-14(2)29-21/h4-6,12,15-16H,3,7-11,13H2,1-2H3,(H,22,23,24)/t16-/m0/s1. The Morgan fingerprint density at radius 1 is 1.31 bits per heavy atom. The van der Waals surface area contributed by atoms with E-state index in [-0.39, 0.29) is 17.7 Å². The van der Waals surface area contributed by atoms with Crippen molar-refractivity contribution in [1.29, 1.82) is 0 Å². The highest BCUT2D eigenvalue weighted by atomic mass is 32.1. The molecule has 0 aromatic carbocycles. The average molecular weight is 414 g/mol. The van der Waals surface area contributed by atoms with E-state index >= 15 is 0 Å². The zero-order valence-electron chi connectivity index (χ0n) is 16.9. The summed E-state index contributed by atoms with van der Waals surface area (Å²) in [7, 11) is 0. The van der Waals surface area contributed by atoms with Gasteiger partial charge in [0.05, 0.1) is 5.92 Å². The van der Waals surface area contributed by atoms with Crippen molar-refractivity contribution >= 4 is 34.1 Å². The number of aryl methyl sites for hydroxylation is 1. The zero-order chi connectivity index (χ0) is 20.4. The molecule has 2 saturated heterocycles. The first-order valence-corrected chi connectivity index (χ1v) is 11.1. The van der Waals surface area contributed by atoms with Gasteiger partial charge in [-0.3, -0.25) is 9.59 Å². The number of amides is 2. The second-order valence-corrected chi connectivity index (χ2v) is 9.02. The molecule has 2 amide bonds. The minimum absolute atomic E-state index is 0.102. The van der Waals surface area contributed by atoms with Crippen LogP contribution in [0.25, 0.3) is 0 Å². The molecule has 1 N–H and O–H groups in total. The van der Waals surface area contributed by atoms with Gasteiger partial charge >= 0.3 is 0 Å². The number of pyridine rings is 1. The van der Waals surface area contributed by atoms with Crippen molar-refractivity contribution in [2.45, 2.75) is 39.0 Å². The Hall–Kier alpha value is -2.48. The van der Waals surface area contributed by atoms with Gasteiger partial charge in [-0.15, -0.1) is 11.3 Å². The first-order valence-electron chi connectivity index (χ1n) is 10.3. The fraction of sp³-hybridized carbons (Fsp3) is 0.524. The zero-order valence-corrected chi connectivity index (χ0v) is 17.7. The van der Waals surface area contributed by atoms with Crippen LogP contribution in [0.4, 0.5) is 10.9 Å². The van der Waals surface area contributed by atoms with E-state index in [1.165, 1.54) is 0 Å². The van der Waals surface area contributed by atoms with E-state index in [1.807, 2.05) is 37.1 Å². The van der Waals surface area contributed by atoms with E-state index in [0.29, 0.717) is 25.4 Å². The van der Waals surface area contributed by atoms with Gasteiger partial charge in [0.2, 0.25) is 11.8 Å². The van der Waals surface area contributed by atoms with Crippen molar-refractivity contribution in [3.63, 3.8) is 0 Å². The summed E-state index contributed by atoms with van der Waals surface area (Å²) in [6, 6.07) is 6.04. The molecule has 2 aromatic rings. The average Bonchev–Trinajstić information content (AvgIpc) is 3.32. The summed E-state index contributed by atoms with van der Waals surface area (Å²) >= 11 is 1.61. The maximum absolute atomic E-state index is 12.8. The number of hydrogen-bond acceptors (Lipinski definition) is 6. The Labute approximate surface area is 175 Å². The van der Waals surface area contributed by atoms with Crippen LogP contribution in [0.3, 0.4) is 0 Å². The molecule has 2 aromatic heterocycles. The number of aromatic nitrogens is 2. The van der Waals surface area contributed by atoms with E-state index in [0.717, 1.165) is 47.5 Å². The summed E-state index contributed by atoms with van der Waals surface area (Å²) in [5.41, 5.74) is 1.06. The van der Waals surface area contributed by atoms with Crippen molar-refractivity contribution in [1.82, 2.24) is 19.8 Å². The molecule has 0 saturated carbocycles. The smallest absolute Gasteiger partial charge is 0.227 e. The second-order valence-electron chi connectivity index (χ2n) is 7.78. The number of piperidine rings is 1. The van der Waals surface area contributed by atoms with Crippen molar-refractivity contribution in [3.05, 3.63) is 35.0 Å². The summed E-state index contributed by atoms with van der Waals surface area (Å²) in [4.78, 5) is 38.8. The number of carbonyl (C=O) groups excluding carboxylic acids is 2. The van der Waals surface area contributed by atoms with E-state index in [1.54, 1.807) is 16.2 Å². The lowest BCUT2D eigenvalue weighted by Crippen LogP contribution is -2.42. The van der Waals surface area contributed by atoms with Gasteiger partial charge in [-0.2, -0.15) is 0 Å². The van der Waals surface area contributed by atoms with Crippen LogP contribution in [0.5, 0.6) is 0 Å². The van der Waals surface area contributed by atoms with Crippen LogP contribution in [0.1, 0.15) is 42.7 Å². The largest absolute Gasteiger partial charge is 0.342 e. The molecule has 0 spiro atoms. The molecule has 154 valence electrons. The van der Waals surface area contributed by atoms with E-state index < -0.39 is 0 Å². The summed E-state index contributed by atoms with van der Waals surface area (Å²) in [6.07, 6.45) is 4.01. The fourth-order valence-corrected chi connectivity index (χ4v) is 4.84. The summed E-state index contributed by atoms with van der Waals surface area (Å²) in [6.45, 7) is 6.70. The summed E-state index contributed by atoms with van der Waals surface area (Å²) in [5.74, 6) is 1.21. The van der Waals surface area contributed by atoms with Crippen LogP contribution in [0.15, 0.2) is 24.4 Å². The van der Waals surface area contributed by atoms with E-state index in [2.05, 4.69) is 16.4 Å². The first kappa shape index (κ1) is 19.8. The number of carbonyl (C=O) groups is 2.